The van der Waals surface area contributed by atoms with E-state index >= 15 is 0 Å². The fourth-order valence-electron chi connectivity index (χ4n) is 7.44. The summed E-state index contributed by atoms with van der Waals surface area (Å²) in [5.41, 5.74) is 0. The van der Waals surface area contributed by atoms with E-state index in [1.54, 1.807) is 6.08 Å². The van der Waals surface area contributed by atoms with Gasteiger partial charge in [0, 0.05) is 6.42 Å². The molecule has 350 valence electrons. The van der Waals surface area contributed by atoms with Crippen molar-refractivity contribution in [3.63, 3.8) is 0 Å². The number of unbranched alkanes of at least 4 members (excludes halogenated alkanes) is 17. The SMILES string of the molecule is CCCCCC/C=C/CC/C=C/CC/C=C/C(O)C(COC1OC(CO)C(OC2OC(CO)C(O)C(O)C2O)C(O)C1O)NC(=O)CCCCCCCCCCCCCC. The molecule has 0 bridgehead atoms. The van der Waals surface area contributed by atoms with Crippen LogP contribution >= 0.6 is 0 Å². The summed E-state index contributed by atoms with van der Waals surface area (Å²) in [6.45, 7) is 2.70. The summed E-state index contributed by atoms with van der Waals surface area (Å²) in [7, 11) is 0. The second-order valence-corrected chi connectivity index (χ2v) is 16.5. The zero-order chi connectivity index (χ0) is 44.0. The van der Waals surface area contributed by atoms with Crippen LogP contribution in [0.5, 0.6) is 0 Å². The first-order valence-electron chi connectivity index (χ1n) is 23.2. The quantitative estimate of drug-likeness (QED) is 0.0315. The molecule has 2 heterocycles. The lowest BCUT2D eigenvalue weighted by molar-refractivity contribution is -0.359. The molecule has 60 heavy (non-hydrogen) atoms. The molecular weight excluding hydrogens is 774 g/mol. The molecular formula is C46H83NO13. The van der Waals surface area contributed by atoms with Gasteiger partial charge < -0.3 is 65.1 Å². The van der Waals surface area contributed by atoms with E-state index in [0.717, 1.165) is 44.9 Å². The molecule has 2 saturated heterocycles. The van der Waals surface area contributed by atoms with Crippen molar-refractivity contribution in [2.75, 3.05) is 19.8 Å². The molecule has 14 heteroatoms. The highest BCUT2D eigenvalue weighted by Crippen LogP contribution is 2.30. The largest absolute Gasteiger partial charge is 0.394 e. The fourth-order valence-corrected chi connectivity index (χ4v) is 7.44. The van der Waals surface area contributed by atoms with Crippen molar-refractivity contribution in [1.82, 2.24) is 5.32 Å². The highest BCUT2D eigenvalue weighted by molar-refractivity contribution is 5.76. The lowest BCUT2D eigenvalue weighted by Gasteiger charge is -2.46. The zero-order valence-electron chi connectivity index (χ0n) is 36.7. The molecule has 2 rings (SSSR count). The maximum absolute atomic E-state index is 13.1. The van der Waals surface area contributed by atoms with Crippen molar-refractivity contribution in [3.05, 3.63) is 36.5 Å². The molecule has 12 unspecified atom stereocenters. The van der Waals surface area contributed by atoms with Gasteiger partial charge in [-0.2, -0.15) is 0 Å². The van der Waals surface area contributed by atoms with Crippen LogP contribution in [0.2, 0.25) is 0 Å². The minimum atomic E-state index is -1.79. The normalized spacial score (nSPS) is 28.6. The average Bonchev–Trinajstić information content (AvgIpc) is 3.24. The second-order valence-electron chi connectivity index (χ2n) is 16.5. The molecule has 2 fully saturated rings. The van der Waals surface area contributed by atoms with Crippen molar-refractivity contribution < 1.29 is 64.6 Å². The maximum atomic E-state index is 13.1. The number of rotatable bonds is 34. The van der Waals surface area contributed by atoms with Crippen LogP contribution in [0.15, 0.2) is 36.5 Å². The number of nitrogens with one attached hydrogen (secondary N) is 1. The molecule has 0 aromatic rings. The molecule has 2 aliphatic rings. The number of carbonyl (C=O) groups excluding carboxylic acids is 1. The fraction of sp³-hybridized carbons (Fsp3) is 0.848. The molecule has 12 atom stereocenters. The van der Waals surface area contributed by atoms with Crippen molar-refractivity contribution >= 4 is 5.91 Å². The first-order valence-corrected chi connectivity index (χ1v) is 23.2. The van der Waals surface area contributed by atoms with Gasteiger partial charge in [-0.3, -0.25) is 4.79 Å². The second kappa shape index (κ2) is 33.7. The van der Waals surface area contributed by atoms with Gasteiger partial charge in [-0.1, -0.05) is 140 Å². The predicted octanol–water partition coefficient (Wildman–Crippen LogP) is 4.76. The van der Waals surface area contributed by atoms with Gasteiger partial charge in [0.2, 0.25) is 5.91 Å². The molecule has 0 spiro atoms. The summed E-state index contributed by atoms with van der Waals surface area (Å²) >= 11 is 0. The van der Waals surface area contributed by atoms with Crippen LogP contribution in [0.3, 0.4) is 0 Å². The zero-order valence-corrected chi connectivity index (χ0v) is 36.7. The highest BCUT2D eigenvalue weighted by Gasteiger charge is 2.50. The molecule has 14 nitrogen and oxygen atoms in total. The molecule has 0 radical (unpaired) electrons. The molecule has 0 aliphatic carbocycles. The monoisotopic (exact) mass is 858 g/mol. The Morgan fingerprint density at radius 1 is 0.583 bits per heavy atom. The summed E-state index contributed by atoms with van der Waals surface area (Å²) in [5, 5.41) is 86.4. The van der Waals surface area contributed by atoms with Crippen LogP contribution in [0.25, 0.3) is 0 Å². The Hall–Kier alpha value is -1.79. The van der Waals surface area contributed by atoms with Crippen LogP contribution in [-0.2, 0) is 23.7 Å². The van der Waals surface area contributed by atoms with Crippen LogP contribution in [-0.4, -0.2) is 140 Å². The maximum Gasteiger partial charge on any atom is 0.220 e. The van der Waals surface area contributed by atoms with Crippen molar-refractivity contribution in [2.24, 2.45) is 0 Å². The van der Waals surface area contributed by atoms with E-state index in [2.05, 4.69) is 43.5 Å². The minimum Gasteiger partial charge on any atom is -0.394 e. The number of carbonyl (C=O) groups is 1. The van der Waals surface area contributed by atoms with E-state index in [4.69, 9.17) is 18.9 Å². The van der Waals surface area contributed by atoms with E-state index in [1.165, 1.54) is 77.0 Å². The minimum absolute atomic E-state index is 0.257. The standard InChI is InChI=1S/C46H83NO13/c1-3-5-7-9-11-13-15-17-18-19-21-23-25-27-29-35(50)34(47-38(51)30-28-26-24-22-20-16-14-12-10-8-6-4-2)33-57-45-43(56)41(54)44(37(32-49)59-45)60-46-42(55)40(53)39(52)36(31-48)58-46/h13,15,19,21,27,29,34-37,39-46,48-50,52-56H,3-12,14,16-18,20,22-26,28,30-33H2,1-2H3,(H,47,51)/b15-13+,21-19+,29-27+. The summed E-state index contributed by atoms with van der Waals surface area (Å²) in [5.74, 6) is -0.257. The third-order valence-corrected chi connectivity index (χ3v) is 11.3. The smallest absolute Gasteiger partial charge is 0.220 e. The van der Waals surface area contributed by atoms with Gasteiger partial charge in [0.1, 0.15) is 48.8 Å². The number of amides is 1. The summed E-state index contributed by atoms with van der Waals surface area (Å²) in [6.07, 6.45) is 19.1. The van der Waals surface area contributed by atoms with E-state index in [-0.39, 0.29) is 18.9 Å². The van der Waals surface area contributed by atoms with E-state index in [1.807, 2.05) is 6.08 Å². The first kappa shape index (κ1) is 54.3. The molecule has 2 aliphatic heterocycles. The van der Waals surface area contributed by atoms with E-state index in [0.29, 0.717) is 12.8 Å². The Morgan fingerprint density at radius 3 is 1.63 bits per heavy atom. The van der Waals surface area contributed by atoms with Gasteiger partial charge in [0.25, 0.3) is 0 Å². The molecule has 0 aromatic carbocycles. The van der Waals surface area contributed by atoms with Gasteiger partial charge >= 0.3 is 0 Å². The third kappa shape index (κ3) is 21.5. The van der Waals surface area contributed by atoms with Gasteiger partial charge in [-0.25, -0.2) is 0 Å². The van der Waals surface area contributed by atoms with Crippen LogP contribution in [0, 0.1) is 0 Å². The van der Waals surface area contributed by atoms with Crippen molar-refractivity contribution in [1.29, 1.82) is 0 Å². The lowest BCUT2D eigenvalue weighted by Crippen LogP contribution is -2.65. The molecule has 0 saturated carbocycles. The Kier molecular flexibility index (Phi) is 30.5. The highest BCUT2D eigenvalue weighted by atomic mass is 16.7. The van der Waals surface area contributed by atoms with Gasteiger partial charge in [0.05, 0.1) is 32.0 Å². The first-order chi connectivity index (χ1) is 29.1. The Labute approximate surface area is 360 Å². The van der Waals surface area contributed by atoms with Crippen LogP contribution < -0.4 is 5.32 Å². The third-order valence-electron chi connectivity index (χ3n) is 11.3. The number of allylic oxidation sites excluding steroid dienone is 5. The summed E-state index contributed by atoms with van der Waals surface area (Å²) in [6, 6.07) is -0.931. The van der Waals surface area contributed by atoms with Gasteiger partial charge in [-0.05, 0) is 44.9 Å². The van der Waals surface area contributed by atoms with E-state index in [9.17, 15) is 45.6 Å². The number of aliphatic hydroxyl groups excluding tert-OH is 8. The Balaban J connectivity index is 1.93. The molecule has 1 amide bonds. The predicted molar refractivity (Wildman–Crippen MR) is 231 cm³/mol. The number of aliphatic hydroxyl groups is 8. The average molecular weight is 858 g/mol. The topological polar surface area (TPSA) is 228 Å². The van der Waals surface area contributed by atoms with Gasteiger partial charge in [0.15, 0.2) is 12.6 Å². The van der Waals surface area contributed by atoms with Crippen molar-refractivity contribution in [2.45, 2.75) is 229 Å². The van der Waals surface area contributed by atoms with Gasteiger partial charge in [-0.15, -0.1) is 0 Å². The lowest BCUT2D eigenvalue weighted by atomic mass is 9.97. The number of ether oxygens (including phenoxy) is 4. The molecule has 9 N–H and O–H groups in total. The van der Waals surface area contributed by atoms with Crippen molar-refractivity contribution in [3.8, 4) is 0 Å². The van der Waals surface area contributed by atoms with Crippen LogP contribution in [0.1, 0.15) is 155 Å². The number of hydrogen-bond donors (Lipinski definition) is 9. The Bertz CT molecular complexity index is 1150. The summed E-state index contributed by atoms with van der Waals surface area (Å²) in [4.78, 5) is 13.1. The molecule has 0 aromatic heterocycles. The van der Waals surface area contributed by atoms with Crippen LogP contribution in [0.4, 0.5) is 0 Å². The summed E-state index contributed by atoms with van der Waals surface area (Å²) < 4.78 is 22.6. The Morgan fingerprint density at radius 2 is 1.07 bits per heavy atom. The number of hydrogen-bond acceptors (Lipinski definition) is 13. The van der Waals surface area contributed by atoms with E-state index < -0.39 is 86.8 Å².